The van der Waals surface area contributed by atoms with E-state index in [-0.39, 0.29) is 16.9 Å². The number of ether oxygens (including phenoxy) is 1. The minimum atomic E-state index is -1.13. The lowest BCUT2D eigenvalue weighted by molar-refractivity contribution is -0.0166. The van der Waals surface area contributed by atoms with Gasteiger partial charge in [-0.05, 0) is 11.6 Å². The van der Waals surface area contributed by atoms with Crippen LogP contribution in [0.2, 0.25) is 0 Å². The first kappa shape index (κ1) is 17.4. The molecule has 8 nitrogen and oxygen atoms in total. The van der Waals surface area contributed by atoms with E-state index in [0.717, 1.165) is 17.7 Å². The minimum absolute atomic E-state index is 0.0365. The molecule has 1 unspecified atom stereocenters. The lowest BCUT2D eigenvalue weighted by Crippen LogP contribution is -2.34. The number of aliphatic hydroxyl groups excluding tert-OH is 2. The average molecular weight is 385 g/mol. The van der Waals surface area contributed by atoms with Crippen molar-refractivity contribution in [2.75, 3.05) is 5.73 Å². The van der Waals surface area contributed by atoms with Crippen molar-refractivity contribution in [3.63, 3.8) is 0 Å². The number of hydrogen-bond acceptors (Lipinski definition) is 7. The molecule has 1 saturated carbocycles. The molecule has 4 atom stereocenters. The molecular weight excluding hydrogens is 365 g/mol. The van der Waals surface area contributed by atoms with Crippen LogP contribution in [0.25, 0.3) is 11.0 Å². The third-order valence-electron chi connectivity index (χ3n) is 5.67. The average Bonchev–Trinajstić information content (AvgIpc) is 3.36. The molecule has 3 heterocycles. The smallest absolute Gasteiger partial charge is 0.154 e. The van der Waals surface area contributed by atoms with Gasteiger partial charge in [-0.25, -0.2) is 14.4 Å². The van der Waals surface area contributed by atoms with Crippen LogP contribution in [0.4, 0.5) is 10.2 Å². The summed E-state index contributed by atoms with van der Waals surface area (Å²) in [6.45, 7) is 1.48. The Bertz CT molecular complexity index is 1060. The molecule has 5 N–H and O–H groups in total. The molecule has 1 fully saturated rings. The van der Waals surface area contributed by atoms with E-state index < -0.39 is 30.2 Å². The highest BCUT2D eigenvalue weighted by Gasteiger charge is 2.45. The molecule has 0 saturated heterocycles. The number of nitrogens with two attached hydrogens (primary N) is 1. The lowest BCUT2D eigenvalue weighted by atomic mass is 10.1. The monoisotopic (exact) mass is 385 g/mol. The van der Waals surface area contributed by atoms with Crippen LogP contribution in [0, 0.1) is 5.82 Å². The first-order valence-corrected chi connectivity index (χ1v) is 9.15. The Balaban J connectivity index is 1.47. The number of hydrogen-bond donors (Lipinski definition) is 4. The number of anilines is 1. The minimum Gasteiger partial charge on any atom is -0.487 e. The van der Waals surface area contributed by atoms with Gasteiger partial charge in [0.05, 0.1) is 11.4 Å². The summed E-state index contributed by atoms with van der Waals surface area (Å²) < 4.78 is 22.0. The maximum Gasteiger partial charge on any atom is 0.154 e. The highest BCUT2D eigenvalue weighted by Crippen LogP contribution is 2.38. The van der Waals surface area contributed by atoms with Crippen LogP contribution in [-0.2, 0) is 13.1 Å². The van der Waals surface area contributed by atoms with Crippen LogP contribution in [0.3, 0.4) is 0 Å². The molecule has 0 amide bonds. The predicted octanol–water partition coefficient (Wildman–Crippen LogP) is 0.870. The first-order chi connectivity index (χ1) is 13.5. The van der Waals surface area contributed by atoms with Gasteiger partial charge in [0, 0.05) is 31.3 Å². The van der Waals surface area contributed by atoms with Crippen molar-refractivity contribution in [2.45, 2.75) is 43.9 Å². The Morgan fingerprint density at radius 2 is 2.07 bits per heavy atom. The molecule has 1 aliphatic carbocycles. The van der Waals surface area contributed by atoms with Crippen molar-refractivity contribution in [1.29, 1.82) is 0 Å². The van der Waals surface area contributed by atoms with Crippen LogP contribution >= 0.6 is 0 Å². The molecule has 3 aromatic rings. The summed E-state index contributed by atoms with van der Waals surface area (Å²) in [5, 5.41) is 24.6. The van der Waals surface area contributed by atoms with Crippen molar-refractivity contribution in [3.05, 3.63) is 47.7 Å². The summed E-state index contributed by atoms with van der Waals surface area (Å²) in [6.07, 6.45) is -0.0950. The number of halogens is 1. The quantitative estimate of drug-likeness (QED) is 0.528. The number of rotatable bonds is 3. The Kier molecular flexibility index (Phi) is 3.97. The molecular formula is C19H20FN5O3. The van der Waals surface area contributed by atoms with Gasteiger partial charge in [0.1, 0.15) is 41.9 Å². The predicted molar refractivity (Wildman–Crippen MR) is 99.0 cm³/mol. The van der Waals surface area contributed by atoms with Gasteiger partial charge in [0.25, 0.3) is 0 Å². The Morgan fingerprint density at radius 3 is 2.93 bits per heavy atom. The first-order valence-electron chi connectivity index (χ1n) is 9.15. The number of aliphatic hydroxyl groups is 2. The summed E-state index contributed by atoms with van der Waals surface area (Å²) in [5.41, 5.74) is 8.27. The highest BCUT2D eigenvalue weighted by atomic mass is 19.1. The normalized spacial score (nSPS) is 26.7. The van der Waals surface area contributed by atoms with E-state index in [2.05, 4.69) is 15.3 Å². The zero-order valence-electron chi connectivity index (χ0n) is 14.9. The topological polar surface area (TPSA) is 118 Å². The largest absolute Gasteiger partial charge is 0.487 e. The molecule has 9 heteroatoms. The molecule has 2 aromatic heterocycles. The molecule has 0 radical (unpaired) electrons. The summed E-state index contributed by atoms with van der Waals surface area (Å²) in [5.74, 6) is 0.162. The number of fused-ring (bicyclic) bond motifs is 2. The van der Waals surface area contributed by atoms with Gasteiger partial charge in [-0.2, -0.15) is 0 Å². The fourth-order valence-electron chi connectivity index (χ4n) is 4.25. The second kappa shape index (κ2) is 6.40. The molecule has 0 spiro atoms. The zero-order chi connectivity index (χ0) is 19.4. The number of aromatic nitrogens is 3. The van der Waals surface area contributed by atoms with Crippen molar-refractivity contribution in [2.24, 2.45) is 0 Å². The number of nitrogen functional groups attached to an aromatic ring is 1. The fraction of sp³-hybridized carbons (Fsp3) is 0.368. The Labute approximate surface area is 159 Å². The third kappa shape index (κ3) is 2.55. The fourth-order valence-corrected chi connectivity index (χ4v) is 4.25. The highest BCUT2D eigenvalue weighted by molar-refractivity contribution is 5.86. The van der Waals surface area contributed by atoms with E-state index in [9.17, 15) is 14.6 Å². The Morgan fingerprint density at radius 1 is 1.21 bits per heavy atom. The lowest BCUT2D eigenvalue weighted by Gasteiger charge is -2.20. The number of nitrogens with one attached hydrogen (secondary N) is 1. The Hall–Kier alpha value is -2.75. The summed E-state index contributed by atoms with van der Waals surface area (Å²) in [7, 11) is 0. The van der Waals surface area contributed by atoms with Crippen molar-refractivity contribution in [1.82, 2.24) is 19.9 Å². The maximum atomic E-state index is 14.4. The molecule has 146 valence electrons. The maximum absolute atomic E-state index is 14.4. The van der Waals surface area contributed by atoms with Gasteiger partial charge < -0.3 is 30.6 Å². The van der Waals surface area contributed by atoms with E-state index in [0.29, 0.717) is 18.7 Å². The van der Waals surface area contributed by atoms with Crippen LogP contribution in [0.1, 0.15) is 23.6 Å². The van der Waals surface area contributed by atoms with Crippen molar-refractivity contribution in [3.8, 4) is 5.75 Å². The van der Waals surface area contributed by atoms with Gasteiger partial charge in [-0.15, -0.1) is 0 Å². The van der Waals surface area contributed by atoms with Crippen molar-refractivity contribution >= 4 is 16.9 Å². The third-order valence-corrected chi connectivity index (χ3v) is 5.67. The van der Waals surface area contributed by atoms with Gasteiger partial charge in [-0.3, -0.25) is 0 Å². The van der Waals surface area contributed by atoms with Crippen LogP contribution in [0.5, 0.6) is 5.75 Å². The van der Waals surface area contributed by atoms with Crippen LogP contribution in [0.15, 0.2) is 30.7 Å². The molecule has 28 heavy (non-hydrogen) atoms. The van der Waals surface area contributed by atoms with Gasteiger partial charge in [0.2, 0.25) is 0 Å². The second-order valence-corrected chi connectivity index (χ2v) is 7.28. The van der Waals surface area contributed by atoms with Crippen LogP contribution in [-0.4, -0.2) is 43.1 Å². The van der Waals surface area contributed by atoms with E-state index in [1.54, 1.807) is 0 Å². The van der Waals surface area contributed by atoms with E-state index in [1.807, 2.05) is 18.2 Å². The standard InChI is InChI=1S/C19H20FN5O3/c20-11-7-25(19-15(11)18(21)23-8-24-19)12-4-14(17(27)16(12)26)28-13-3-1-2-9-5-22-6-10(9)13/h1-3,7-8,12,14,16-17,22,26-27H,4-6H2,(H2,21,23,24)/t12-,14?,16-,17+/m0/s1. The van der Waals surface area contributed by atoms with Crippen LogP contribution < -0.4 is 15.8 Å². The molecule has 1 aliphatic heterocycles. The van der Waals surface area contributed by atoms with Gasteiger partial charge in [0.15, 0.2) is 5.82 Å². The SMILES string of the molecule is Nc1ncnc2c1c(F)cn2[C@H]1CC(Oc2cccc3c2CNC3)[C@@H](O)[C@H]1O. The number of nitrogens with zero attached hydrogens (tertiary/aromatic N) is 3. The molecule has 5 rings (SSSR count). The molecule has 2 aliphatic rings. The molecule has 0 bridgehead atoms. The van der Waals surface area contributed by atoms with Gasteiger partial charge in [-0.1, -0.05) is 12.1 Å². The van der Waals surface area contributed by atoms with E-state index >= 15 is 0 Å². The molecule has 1 aromatic carbocycles. The number of benzene rings is 1. The summed E-state index contributed by atoms with van der Waals surface area (Å²) in [6, 6.07) is 5.20. The van der Waals surface area contributed by atoms with E-state index in [1.165, 1.54) is 17.1 Å². The summed E-state index contributed by atoms with van der Waals surface area (Å²) >= 11 is 0. The van der Waals surface area contributed by atoms with Crippen molar-refractivity contribution < 1.29 is 19.3 Å². The second-order valence-electron chi connectivity index (χ2n) is 7.28. The van der Waals surface area contributed by atoms with Gasteiger partial charge >= 0.3 is 0 Å². The van der Waals surface area contributed by atoms with E-state index in [4.69, 9.17) is 10.5 Å². The zero-order valence-corrected chi connectivity index (χ0v) is 14.9. The summed E-state index contributed by atoms with van der Waals surface area (Å²) in [4.78, 5) is 7.93.